The van der Waals surface area contributed by atoms with Crippen LogP contribution in [0.3, 0.4) is 0 Å². The molecule has 66 valence electrons. The lowest BCUT2D eigenvalue weighted by Gasteiger charge is -1.91. The summed E-state index contributed by atoms with van der Waals surface area (Å²) in [6.45, 7) is 2.04. The third-order valence-electron chi connectivity index (χ3n) is 2.60. The van der Waals surface area contributed by atoms with E-state index in [-0.39, 0.29) is 0 Å². The highest BCUT2D eigenvalue weighted by atomic mass is 16.3. The van der Waals surface area contributed by atoms with Gasteiger partial charge in [0.05, 0.1) is 0 Å². The molecule has 0 N–H and O–H groups in total. The summed E-state index contributed by atoms with van der Waals surface area (Å²) >= 11 is 0. The Morgan fingerprint density at radius 1 is 1.38 bits per heavy atom. The average molecular weight is 173 g/mol. The van der Waals surface area contributed by atoms with E-state index in [4.69, 9.17) is 4.42 Å². The number of furan rings is 1. The fraction of sp³-hybridized carbons (Fsp3) is 0.364. The molecule has 0 aliphatic heterocycles. The lowest BCUT2D eigenvalue weighted by atomic mass is 10.2. The van der Waals surface area contributed by atoms with E-state index in [1.165, 1.54) is 12.8 Å². The summed E-state index contributed by atoms with van der Waals surface area (Å²) < 4.78 is 5.78. The molecular weight excluding hydrogens is 162 g/mol. The lowest BCUT2D eigenvalue weighted by Crippen LogP contribution is -1.74. The molecule has 13 heavy (non-hydrogen) atoms. The van der Waals surface area contributed by atoms with Crippen molar-refractivity contribution in [2.45, 2.75) is 25.7 Å². The Bertz CT molecular complexity index is 454. The molecule has 0 spiro atoms. The molecular formula is C11H11NO. The van der Waals surface area contributed by atoms with Crippen molar-refractivity contribution in [1.82, 2.24) is 4.98 Å². The van der Waals surface area contributed by atoms with Crippen molar-refractivity contribution >= 4 is 11.0 Å². The van der Waals surface area contributed by atoms with E-state index in [0.717, 1.165) is 22.3 Å². The maximum atomic E-state index is 5.78. The Morgan fingerprint density at radius 2 is 2.23 bits per heavy atom. The van der Waals surface area contributed by atoms with Crippen LogP contribution in [0.2, 0.25) is 0 Å². The predicted octanol–water partition coefficient (Wildman–Crippen LogP) is 3.01. The molecule has 2 aromatic heterocycles. The van der Waals surface area contributed by atoms with Crippen molar-refractivity contribution in [3.63, 3.8) is 0 Å². The summed E-state index contributed by atoms with van der Waals surface area (Å²) in [7, 11) is 0. The van der Waals surface area contributed by atoms with Gasteiger partial charge in [0.2, 0.25) is 0 Å². The first-order valence-corrected chi connectivity index (χ1v) is 4.68. The van der Waals surface area contributed by atoms with Gasteiger partial charge in [-0.2, -0.15) is 0 Å². The quantitative estimate of drug-likeness (QED) is 0.662. The van der Waals surface area contributed by atoms with E-state index in [1.807, 2.05) is 19.3 Å². The average Bonchev–Trinajstić information content (AvgIpc) is 2.87. The van der Waals surface area contributed by atoms with E-state index in [2.05, 4.69) is 11.1 Å². The van der Waals surface area contributed by atoms with Crippen molar-refractivity contribution in [3.8, 4) is 0 Å². The normalized spacial score (nSPS) is 16.7. The molecule has 1 fully saturated rings. The maximum absolute atomic E-state index is 5.78. The summed E-state index contributed by atoms with van der Waals surface area (Å²) in [5, 5.41) is 1.14. The molecule has 2 aromatic rings. The largest absolute Gasteiger partial charge is 0.460 e. The molecule has 3 rings (SSSR count). The van der Waals surface area contributed by atoms with Crippen LogP contribution in [-0.2, 0) is 0 Å². The van der Waals surface area contributed by atoms with Gasteiger partial charge in [0.15, 0.2) is 0 Å². The number of hydrogen-bond acceptors (Lipinski definition) is 2. The van der Waals surface area contributed by atoms with Crippen LogP contribution in [-0.4, -0.2) is 4.98 Å². The SMILES string of the molecule is Cc1cncc2cc(C3CC3)oc12. The highest BCUT2D eigenvalue weighted by Crippen LogP contribution is 2.42. The Kier molecular flexibility index (Phi) is 1.29. The van der Waals surface area contributed by atoms with Crippen LogP contribution in [0.25, 0.3) is 11.0 Å². The number of rotatable bonds is 1. The summed E-state index contributed by atoms with van der Waals surface area (Å²) in [5.41, 5.74) is 2.14. The standard InChI is InChI=1S/C11H11NO/c1-7-5-12-6-9-4-10(8-2-3-8)13-11(7)9/h4-6,8H,2-3H2,1H3. The zero-order valence-corrected chi connectivity index (χ0v) is 7.58. The van der Waals surface area contributed by atoms with Crippen LogP contribution in [0.4, 0.5) is 0 Å². The van der Waals surface area contributed by atoms with Crippen LogP contribution in [0.15, 0.2) is 22.9 Å². The minimum absolute atomic E-state index is 0.687. The molecule has 0 saturated heterocycles. The number of hydrogen-bond donors (Lipinski definition) is 0. The zero-order valence-electron chi connectivity index (χ0n) is 7.58. The first-order valence-electron chi connectivity index (χ1n) is 4.68. The summed E-state index contributed by atoms with van der Waals surface area (Å²) in [5.74, 6) is 1.83. The van der Waals surface area contributed by atoms with Crippen molar-refractivity contribution < 1.29 is 4.42 Å². The number of fused-ring (bicyclic) bond motifs is 1. The number of nitrogens with zero attached hydrogens (tertiary/aromatic N) is 1. The second-order valence-corrected chi connectivity index (χ2v) is 3.80. The van der Waals surface area contributed by atoms with Crippen molar-refractivity contribution in [2.75, 3.05) is 0 Å². The predicted molar refractivity (Wildman–Crippen MR) is 50.7 cm³/mol. The van der Waals surface area contributed by atoms with Gasteiger partial charge in [-0.15, -0.1) is 0 Å². The van der Waals surface area contributed by atoms with E-state index in [0.29, 0.717) is 5.92 Å². The highest BCUT2D eigenvalue weighted by molar-refractivity contribution is 5.79. The molecule has 2 heteroatoms. The molecule has 1 saturated carbocycles. The molecule has 0 unspecified atom stereocenters. The van der Waals surface area contributed by atoms with Gasteiger partial charge in [-0.1, -0.05) is 0 Å². The second-order valence-electron chi connectivity index (χ2n) is 3.80. The van der Waals surface area contributed by atoms with Crippen molar-refractivity contribution in [3.05, 3.63) is 29.8 Å². The minimum atomic E-state index is 0.687. The fourth-order valence-electron chi connectivity index (χ4n) is 1.69. The van der Waals surface area contributed by atoms with Crippen LogP contribution >= 0.6 is 0 Å². The zero-order chi connectivity index (χ0) is 8.84. The number of pyridine rings is 1. The van der Waals surface area contributed by atoms with E-state index in [9.17, 15) is 0 Å². The van der Waals surface area contributed by atoms with Gasteiger partial charge in [-0.05, 0) is 25.8 Å². The van der Waals surface area contributed by atoms with E-state index < -0.39 is 0 Å². The van der Waals surface area contributed by atoms with Gasteiger partial charge < -0.3 is 4.42 Å². The maximum Gasteiger partial charge on any atom is 0.140 e. The van der Waals surface area contributed by atoms with Crippen LogP contribution < -0.4 is 0 Å². The molecule has 0 amide bonds. The van der Waals surface area contributed by atoms with Gasteiger partial charge >= 0.3 is 0 Å². The Balaban J connectivity index is 2.26. The topological polar surface area (TPSA) is 26.0 Å². The van der Waals surface area contributed by atoms with Crippen LogP contribution in [0.1, 0.15) is 30.1 Å². The molecule has 2 heterocycles. The smallest absolute Gasteiger partial charge is 0.140 e. The number of aryl methyl sites for hydroxylation is 1. The molecule has 0 radical (unpaired) electrons. The fourth-order valence-corrected chi connectivity index (χ4v) is 1.69. The van der Waals surface area contributed by atoms with Gasteiger partial charge in [0.25, 0.3) is 0 Å². The van der Waals surface area contributed by atoms with Crippen LogP contribution in [0.5, 0.6) is 0 Å². The Hall–Kier alpha value is -1.31. The van der Waals surface area contributed by atoms with Gasteiger partial charge in [0.1, 0.15) is 11.3 Å². The molecule has 1 aliphatic rings. The monoisotopic (exact) mass is 173 g/mol. The van der Waals surface area contributed by atoms with Gasteiger partial charge in [0, 0.05) is 29.3 Å². The van der Waals surface area contributed by atoms with E-state index in [1.54, 1.807) is 0 Å². The minimum Gasteiger partial charge on any atom is -0.460 e. The molecule has 0 atom stereocenters. The molecule has 0 aromatic carbocycles. The second kappa shape index (κ2) is 2.34. The van der Waals surface area contributed by atoms with Crippen molar-refractivity contribution in [2.24, 2.45) is 0 Å². The molecule has 2 nitrogen and oxygen atoms in total. The molecule has 1 aliphatic carbocycles. The van der Waals surface area contributed by atoms with Gasteiger partial charge in [-0.3, -0.25) is 4.98 Å². The third kappa shape index (κ3) is 1.05. The first kappa shape index (κ1) is 7.13. The Labute approximate surface area is 76.6 Å². The number of aromatic nitrogens is 1. The Morgan fingerprint density at radius 3 is 2.92 bits per heavy atom. The van der Waals surface area contributed by atoms with Gasteiger partial charge in [-0.25, -0.2) is 0 Å². The first-order chi connectivity index (χ1) is 6.34. The van der Waals surface area contributed by atoms with Crippen molar-refractivity contribution in [1.29, 1.82) is 0 Å². The summed E-state index contributed by atoms with van der Waals surface area (Å²) in [6, 6.07) is 2.13. The highest BCUT2D eigenvalue weighted by Gasteiger charge is 2.27. The van der Waals surface area contributed by atoms with Crippen LogP contribution in [0, 0.1) is 6.92 Å². The summed E-state index contributed by atoms with van der Waals surface area (Å²) in [6.07, 6.45) is 6.29. The third-order valence-corrected chi connectivity index (χ3v) is 2.60. The summed E-state index contributed by atoms with van der Waals surface area (Å²) in [4.78, 5) is 4.15. The lowest BCUT2D eigenvalue weighted by molar-refractivity contribution is 0.550. The van der Waals surface area contributed by atoms with E-state index >= 15 is 0 Å². The molecule has 0 bridgehead atoms.